The smallest absolute Gasteiger partial charge is 0.335 e. The zero-order valence-electron chi connectivity index (χ0n) is 20.2. The van der Waals surface area contributed by atoms with Crippen LogP contribution in [-0.2, 0) is 14.9 Å². The summed E-state index contributed by atoms with van der Waals surface area (Å²) in [5.41, 5.74) is 1.58. The molecule has 0 atom stereocenters. The van der Waals surface area contributed by atoms with Crippen LogP contribution in [0.15, 0.2) is 42.5 Å². The number of benzene rings is 2. The minimum atomic E-state index is -0.956. The van der Waals surface area contributed by atoms with Crippen molar-refractivity contribution in [3.63, 3.8) is 0 Å². The molecule has 0 bridgehead atoms. The molecular formula is C29H32O6. The zero-order valence-corrected chi connectivity index (χ0v) is 20.2. The summed E-state index contributed by atoms with van der Waals surface area (Å²) in [7, 11) is 1.67. The van der Waals surface area contributed by atoms with Crippen LogP contribution in [0.25, 0.3) is 0 Å². The van der Waals surface area contributed by atoms with Gasteiger partial charge in [-0.1, -0.05) is 24.0 Å². The molecule has 2 saturated carbocycles. The molecule has 6 heteroatoms. The maximum Gasteiger partial charge on any atom is 0.335 e. The quantitative estimate of drug-likeness (QED) is 0.589. The van der Waals surface area contributed by atoms with Crippen molar-refractivity contribution < 1.29 is 28.8 Å². The Morgan fingerprint density at radius 3 is 2.43 bits per heavy atom. The molecule has 0 unspecified atom stereocenters. The molecule has 2 aromatic carbocycles. The fourth-order valence-corrected chi connectivity index (χ4v) is 5.50. The lowest BCUT2D eigenvalue weighted by atomic mass is 9.68. The third-order valence-corrected chi connectivity index (χ3v) is 7.55. The van der Waals surface area contributed by atoms with E-state index in [2.05, 4.69) is 24.0 Å². The van der Waals surface area contributed by atoms with Gasteiger partial charge in [-0.05, 0) is 74.4 Å². The number of methoxy groups -OCH3 is 1. The monoisotopic (exact) mass is 476 g/mol. The number of ether oxygens (including phenoxy) is 4. The molecule has 3 aliphatic rings. The molecule has 5 rings (SSSR count). The maximum atomic E-state index is 11.4. The Kier molecular flexibility index (Phi) is 6.73. The van der Waals surface area contributed by atoms with Crippen LogP contribution in [0.4, 0.5) is 0 Å². The summed E-state index contributed by atoms with van der Waals surface area (Å²) in [6.45, 7) is 1.26. The molecule has 0 aromatic heterocycles. The predicted octanol–water partition coefficient (Wildman–Crippen LogP) is 5.32. The molecule has 1 spiro atoms. The predicted molar refractivity (Wildman–Crippen MR) is 131 cm³/mol. The fraction of sp³-hybridized carbons (Fsp3) is 0.483. The van der Waals surface area contributed by atoms with Crippen LogP contribution in [0.1, 0.15) is 72.9 Å². The van der Waals surface area contributed by atoms with E-state index in [1.165, 1.54) is 12.8 Å². The molecule has 6 nitrogen and oxygen atoms in total. The lowest BCUT2D eigenvalue weighted by Gasteiger charge is -2.41. The highest BCUT2D eigenvalue weighted by molar-refractivity contribution is 5.88. The molecule has 3 fully saturated rings. The molecular weight excluding hydrogens is 444 g/mol. The van der Waals surface area contributed by atoms with E-state index in [1.807, 2.05) is 12.1 Å². The zero-order chi connectivity index (χ0) is 24.3. The average molecular weight is 477 g/mol. The van der Waals surface area contributed by atoms with Gasteiger partial charge in [0.1, 0.15) is 0 Å². The summed E-state index contributed by atoms with van der Waals surface area (Å²) in [6, 6.07) is 12.9. The van der Waals surface area contributed by atoms with Gasteiger partial charge >= 0.3 is 5.97 Å². The van der Waals surface area contributed by atoms with E-state index in [1.54, 1.807) is 25.3 Å². The first kappa shape index (κ1) is 23.7. The highest BCUT2D eigenvalue weighted by atomic mass is 16.7. The van der Waals surface area contributed by atoms with Gasteiger partial charge in [0, 0.05) is 18.4 Å². The second-order valence-corrected chi connectivity index (χ2v) is 9.72. The molecule has 0 amide bonds. The minimum absolute atomic E-state index is 0.217. The number of rotatable bonds is 5. The highest BCUT2D eigenvalue weighted by Gasteiger charge is 2.46. The summed E-state index contributed by atoms with van der Waals surface area (Å²) in [4.78, 5) is 11.4. The molecule has 35 heavy (non-hydrogen) atoms. The van der Waals surface area contributed by atoms with E-state index >= 15 is 0 Å². The third-order valence-electron chi connectivity index (χ3n) is 7.55. The molecule has 0 radical (unpaired) electrons. The van der Waals surface area contributed by atoms with Crippen LogP contribution >= 0.6 is 0 Å². The van der Waals surface area contributed by atoms with Crippen LogP contribution < -0.4 is 9.47 Å². The van der Waals surface area contributed by atoms with E-state index in [4.69, 9.17) is 18.9 Å². The van der Waals surface area contributed by atoms with Crippen LogP contribution in [0, 0.1) is 11.8 Å². The molecule has 2 aliphatic carbocycles. The number of hydrogen-bond acceptors (Lipinski definition) is 5. The standard InChI is InChI=1S/C29H32O6/c1-32-25-10-9-23(20-26(25)35-24-7-2-3-8-24)28(13-15-29(16-14-28)33-17-18-34-29)12-11-21-5-4-6-22(19-21)27(30)31/h4-6,9-10,19-20,24H,2-3,7-8,13-18H2,1H3,(H,30,31). The number of hydrogen-bond donors (Lipinski definition) is 1. The SMILES string of the molecule is COc1ccc(C2(C#Cc3cccc(C(=O)O)c3)CCC3(CC2)OCCO3)cc1OC1CCCC1. The van der Waals surface area contributed by atoms with Gasteiger partial charge < -0.3 is 24.1 Å². The van der Waals surface area contributed by atoms with Crippen molar-refractivity contribution in [2.45, 2.75) is 68.7 Å². The van der Waals surface area contributed by atoms with Gasteiger partial charge in [0.15, 0.2) is 17.3 Å². The molecule has 184 valence electrons. The lowest BCUT2D eigenvalue weighted by molar-refractivity contribution is -0.182. The fourth-order valence-electron chi connectivity index (χ4n) is 5.50. The van der Waals surface area contributed by atoms with Crippen molar-refractivity contribution in [3.8, 4) is 23.3 Å². The largest absolute Gasteiger partial charge is 0.493 e. The van der Waals surface area contributed by atoms with Gasteiger partial charge in [-0.25, -0.2) is 4.79 Å². The summed E-state index contributed by atoms with van der Waals surface area (Å²) >= 11 is 0. The third kappa shape index (κ3) is 5.03. The number of carboxylic acid groups (broad SMARTS) is 1. The van der Waals surface area contributed by atoms with E-state index < -0.39 is 17.2 Å². The molecule has 1 aliphatic heterocycles. The normalized spacial score (nSPS) is 20.8. The number of aromatic carboxylic acids is 1. The lowest BCUT2D eigenvalue weighted by Crippen LogP contribution is -2.41. The Labute approximate surface area is 206 Å². The second-order valence-electron chi connectivity index (χ2n) is 9.72. The van der Waals surface area contributed by atoms with Gasteiger partial charge in [0.05, 0.1) is 37.4 Å². The Balaban J connectivity index is 1.51. The summed E-state index contributed by atoms with van der Waals surface area (Å²) in [6.07, 6.45) is 7.78. The van der Waals surface area contributed by atoms with Crippen molar-refractivity contribution >= 4 is 5.97 Å². The Morgan fingerprint density at radius 1 is 1.00 bits per heavy atom. The van der Waals surface area contributed by atoms with Crippen LogP contribution in [0.5, 0.6) is 11.5 Å². The number of carbonyl (C=O) groups is 1. The van der Waals surface area contributed by atoms with Crippen molar-refractivity contribution in [3.05, 3.63) is 59.2 Å². The van der Waals surface area contributed by atoms with E-state index in [0.717, 1.165) is 55.6 Å². The first-order valence-electron chi connectivity index (χ1n) is 12.5. The van der Waals surface area contributed by atoms with E-state index in [-0.39, 0.29) is 11.7 Å². The van der Waals surface area contributed by atoms with Crippen LogP contribution in [0.2, 0.25) is 0 Å². The molecule has 2 aromatic rings. The van der Waals surface area contributed by atoms with Crippen molar-refractivity contribution in [2.75, 3.05) is 20.3 Å². The summed E-state index contributed by atoms with van der Waals surface area (Å²) in [5, 5.41) is 9.37. The highest BCUT2D eigenvalue weighted by Crippen LogP contribution is 2.48. The Hall–Kier alpha value is -3.01. The molecule has 1 heterocycles. The minimum Gasteiger partial charge on any atom is -0.493 e. The first-order valence-corrected chi connectivity index (χ1v) is 12.5. The van der Waals surface area contributed by atoms with Gasteiger partial charge in [-0.15, -0.1) is 0 Å². The van der Waals surface area contributed by atoms with Gasteiger partial charge in [0.2, 0.25) is 0 Å². The second kappa shape index (κ2) is 9.93. The summed E-state index contributed by atoms with van der Waals surface area (Å²) in [5.74, 6) is 6.86. The Bertz CT molecular complexity index is 1120. The van der Waals surface area contributed by atoms with Crippen molar-refractivity contribution in [1.29, 1.82) is 0 Å². The van der Waals surface area contributed by atoms with Crippen molar-refractivity contribution in [2.24, 2.45) is 0 Å². The van der Waals surface area contributed by atoms with Crippen LogP contribution in [0.3, 0.4) is 0 Å². The first-order chi connectivity index (χ1) is 17.0. The topological polar surface area (TPSA) is 74.2 Å². The van der Waals surface area contributed by atoms with Gasteiger partial charge in [-0.2, -0.15) is 0 Å². The maximum absolute atomic E-state index is 11.4. The molecule has 1 saturated heterocycles. The van der Waals surface area contributed by atoms with Gasteiger partial charge in [-0.3, -0.25) is 0 Å². The summed E-state index contributed by atoms with van der Waals surface area (Å²) < 4.78 is 24.0. The van der Waals surface area contributed by atoms with Gasteiger partial charge in [0.25, 0.3) is 0 Å². The van der Waals surface area contributed by atoms with Crippen LogP contribution in [-0.4, -0.2) is 43.3 Å². The van der Waals surface area contributed by atoms with E-state index in [9.17, 15) is 9.90 Å². The molecule has 1 N–H and O–H groups in total. The average Bonchev–Trinajstić information content (AvgIpc) is 3.57. The van der Waals surface area contributed by atoms with E-state index in [0.29, 0.717) is 18.8 Å². The number of carboxylic acids is 1. The Morgan fingerprint density at radius 2 is 1.74 bits per heavy atom. The van der Waals surface area contributed by atoms with Crippen molar-refractivity contribution in [1.82, 2.24) is 0 Å².